The Morgan fingerprint density at radius 2 is 2.04 bits per heavy atom. The number of nitrogens with zero attached hydrogens (tertiary/aromatic N) is 3. The molecule has 28 heavy (non-hydrogen) atoms. The van der Waals surface area contributed by atoms with E-state index in [4.69, 9.17) is 4.74 Å². The van der Waals surface area contributed by atoms with Crippen molar-refractivity contribution in [2.45, 2.75) is 32.8 Å². The highest BCUT2D eigenvalue weighted by molar-refractivity contribution is 7.18. The van der Waals surface area contributed by atoms with Crippen LogP contribution in [0, 0.1) is 6.92 Å². The molecule has 4 aromatic rings. The summed E-state index contributed by atoms with van der Waals surface area (Å²) in [6.45, 7) is 1.93. The molecule has 0 radical (unpaired) electrons. The molecule has 0 spiro atoms. The van der Waals surface area contributed by atoms with E-state index < -0.39 is 0 Å². The summed E-state index contributed by atoms with van der Waals surface area (Å²) in [6, 6.07) is 13.1. The molecule has 0 aliphatic rings. The number of hydrogen-bond acceptors (Lipinski definition) is 6. The molecule has 0 atom stereocenters. The van der Waals surface area contributed by atoms with Crippen LogP contribution in [0.5, 0.6) is 0 Å². The number of carbonyl (C=O) groups is 1. The molecule has 0 amide bonds. The fourth-order valence-corrected chi connectivity index (χ4v) is 3.97. The first-order chi connectivity index (χ1) is 13.6. The molecule has 0 fully saturated rings. The van der Waals surface area contributed by atoms with Crippen molar-refractivity contribution >= 4 is 33.2 Å². The van der Waals surface area contributed by atoms with Crippen LogP contribution < -0.4 is 5.56 Å². The van der Waals surface area contributed by atoms with Crippen LogP contribution in [0.1, 0.15) is 29.1 Å². The van der Waals surface area contributed by atoms with E-state index >= 15 is 0 Å². The lowest BCUT2D eigenvalue weighted by molar-refractivity contribution is -0.145. The number of aryl methyl sites for hydroxylation is 2. The third-order valence-corrected chi connectivity index (χ3v) is 5.46. The summed E-state index contributed by atoms with van der Waals surface area (Å²) in [7, 11) is 0. The van der Waals surface area contributed by atoms with E-state index in [1.54, 1.807) is 17.5 Å². The first-order valence-corrected chi connectivity index (χ1v) is 9.89. The Balaban J connectivity index is 1.31. The molecule has 0 unspecified atom stereocenters. The zero-order valence-electron chi connectivity index (χ0n) is 15.4. The molecule has 1 aromatic carbocycles. The molecule has 3 aromatic heterocycles. The summed E-state index contributed by atoms with van der Waals surface area (Å²) in [5.41, 5.74) is 2.82. The number of aromatic nitrogens is 3. The Morgan fingerprint density at radius 1 is 1.18 bits per heavy atom. The Kier molecular flexibility index (Phi) is 5.16. The van der Waals surface area contributed by atoms with E-state index in [-0.39, 0.29) is 18.1 Å². The summed E-state index contributed by atoms with van der Waals surface area (Å²) in [5, 5.41) is 1.02. The zero-order chi connectivity index (χ0) is 19.5. The van der Waals surface area contributed by atoms with Crippen LogP contribution in [0.2, 0.25) is 0 Å². The van der Waals surface area contributed by atoms with Crippen molar-refractivity contribution in [3.63, 3.8) is 0 Å². The van der Waals surface area contributed by atoms with Crippen LogP contribution in [0.25, 0.3) is 15.9 Å². The highest BCUT2D eigenvalue weighted by Gasteiger charge is 2.09. The van der Waals surface area contributed by atoms with Gasteiger partial charge in [-0.1, -0.05) is 12.1 Å². The molecular formula is C21H19N3O3S. The molecule has 0 saturated heterocycles. The molecular weight excluding hydrogens is 374 g/mol. The standard InChI is InChI=1S/C21H19N3O3S/c1-14-9-10-24-18(11-14)22-15(12-20(24)25)13-27-21(26)8-4-7-19-23-16-5-2-3-6-17(16)28-19/h2-3,5-6,9-12H,4,7-8,13H2,1H3. The van der Waals surface area contributed by atoms with Crippen LogP contribution >= 0.6 is 11.3 Å². The van der Waals surface area contributed by atoms with Crippen LogP contribution in [0.3, 0.4) is 0 Å². The number of rotatable bonds is 6. The lowest BCUT2D eigenvalue weighted by Crippen LogP contribution is -2.16. The number of benzene rings is 1. The van der Waals surface area contributed by atoms with Gasteiger partial charge in [0.1, 0.15) is 12.3 Å². The number of pyridine rings is 1. The highest BCUT2D eigenvalue weighted by Crippen LogP contribution is 2.22. The van der Waals surface area contributed by atoms with Crippen molar-refractivity contribution in [1.29, 1.82) is 0 Å². The van der Waals surface area contributed by atoms with Crippen molar-refractivity contribution in [1.82, 2.24) is 14.4 Å². The third-order valence-electron chi connectivity index (χ3n) is 4.37. The molecule has 6 nitrogen and oxygen atoms in total. The van der Waals surface area contributed by atoms with E-state index in [1.807, 2.05) is 43.3 Å². The quantitative estimate of drug-likeness (QED) is 0.467. The van der Waals surface area contributed by atoms with Crippen molar-refractivity contribution in [2.24, 2.45) is 0 Å². The number of carbonyl (C=O) groups excluding carboxylic acids is 1. The summed E-state index contributed by atoms with van der Waals surface area (Å²) in [5.74, 6) is -0.299. The first-order valence-electron chi connectivity index (χ1n) is 9.07. The Morgan fingerprint density at radius 3 is 2.89 bits per heavy atom. The van der Waals surface area contributed by atoms with Gasteiger partial charge in [0.2, 0.25) is 0 Å². The third kappa shape index (κ3) is 4.09. The maximum absolute atomic E-state index is 12.1. The molecule has 0 bridgehead atoms. The minimum absolute atomic E-state index is 0.000344. The van der Waals surface area contributed by atoms with Gasteiger partial charge in [-0.3, -0.25) is 14.0 Å². The molecule has 0 aliphatic heterocycles. The number of esters is 1. The van der Waals surface area contributed by atoms with E-state index in [2.05, 4.69) is 9.97 Å². The van der Waals surface area contributed by atoms with Gasteiger partial charge in [-0.25, -0.2) is 9.97 Å². The fourth-order valence-electron chi connectivity index (χ4n) is 2.97. The van der Waals surface area contributed by atoms with Crippen molar-refractivity contribution in [2.75, 3.05) is 0 Å². The van der Waals surface area contributed by atoms with Gasteiger partial charge in [0.25, 0.3) is 5.56 Å². The number of para-hydroxylation sites is 1. The maximum atomic E-state index is 12.1. The lowest BCUT2D eigenvalue weighted by Gasteiger charge is -2.06. The van der Waals surface area contributed by atoms with Crippen LogP contribution in [0.4, 0.5) is 0 Å². The number of fused-ring (bicyclic) bond motifs is 2. The average molecular weight is 393 g/mol. The summed E-state index contributed by atoms with van der Waals surface area (Å²) in [4.78, 5) is 33.1. The van der Waals surface area contributed by atoms with E-state index in [1.165, 1.54) is 10.5 Å². The largest absolute Gasteiger partial charge is 0.459 e. The molecule has 4 rings (SSSR count). The minimum Gasteiger partial charge on any atom is -0.459 e. The van der Waals surface area contributed by atoms with Gasteiger partial charge in [0.05, 0.1) is 20.9 Å². The van der Waals surface area contributed by atoms with Gasteiger partial charge >= 0.3 is 5.97 Å². The summed E-state index contributed by atoms with van der Waals surface area (Å²) in [6.07, 6.45) is 3.41. The predicted molar refractivity (Wildman–Crippen MR) is 109 cm³/mol. The Hall–Kier alpha value is -3.06. The van der Waals surface area contributed by atoms with Crippen LogP contribution in [0.15, 0.2) is 53.5 Å². The van der Waals surface area contributed by atoms with E-state index in [0.29, 0.717) is 24.2 Å². The minimum atomic E-state index is -0.299. The molecule has 7 heteroatoms. The molecule has 0 saturated carbocycles. The molecule has 142 valence electrons. The van der Waals surface area contributed by atoms with E-state index in [9.17, 15) is 9.59 Å². The van der Waals surface area contributed by atoms with Crippen molar-refractivity contribution < 1.29 is 9.53 Å². The normalized spacial score (nSPS) is 11.2. The van der Waals surface area contributed by atoms with Gasteiger partial charge in [0.15, 0.2) is 0 Å². The smallest absolute Gasteiger partial charge is 0.306 e. The van der Waals surface area contributed by atoms with Gasteiger partial charge in [0, 0.05) is 18.7 Å². The second-order valence-electron chi connectivity index (χ2n) is 6.61. The lowest BCUT2D eigenvalue weighted by atomic mass is 10.2. The van der Waals surface area contributed by atoms with Gasteiger partial charge in [-0.15, -0.1) is 11.3 Å². The topological polar surface area (TPSA) is 73.6 Å². The second-order valence-corrected chi connectivity index (χ2v) is 7.72. The van der Waals surface area contributed by atoms with Crippen molar-refractivity contribution in [3.8, 4) is 0 Å². The maximum Gasteiger partial charge on any atom is 0.306 e. The zero-order valence-corrected chi connectivity index (χ0v) is 16.2. The number of thiazole rings is 1. The molecule has 3 heterocycles. The van der Waals surface area contributed by atoms with Gasteiger partial charge in [-0.2, -0.15) is 0 Å². The predicted octanol–water partition coefficient (Wildman–Crippen LogP) is 3.68. The van der Waals surface area contributed by atoms with Gasteiger partial charge < -0.3 is 4.74 Å². The summed E-state index contributed by atoms with van der Waals surface area (Å²) >= 11 is 1.65. The first kappa shape index (κ1) is 18.3. The Bertz CT molecular complexity index is 1180. The molecule has 0 N–H and O–H groups in total. The van der Waals surface area contributed by atoms with E-state index in [0.717, 1.165) is 27.2 Å². The second kappa shape index (κ2) is 7.90. The van der Waals surface area contributed by atoms with Crippen LogP contribution in [-0.4, -0.2) is 20.3 Å². The number of hydrogen-bond donors (Lipinski definition) is 0. The van der Waals surface area contributed by atoms with Crippen LogP contribution in [-0.2, 0) is 22.6 Å². The fraction of sp³-hybridized carbons (Fsp3) is 0.238. The monoisotopic (exact) mass is 393 g/mol. The van der Waals surface area contributed by atoms with Crippen molar-refractivity contribution in [3.05, 3.63) is 75.3 Å². The number of ether oxygens (including phenoxy) is 1. The highest BCUT2D eigenvalue weighted by atomic mass is 32.1. The van der Waals surface area contributed by atoms with Gasteiger partial charge in [-0.05, 0) is 49.6 Å². The summed E-state index contributed by atoms with van der Waals surface area (Å²) < 4.78 is 7.92. The molecule has 0 aliphatic carbocycles. The SMILES string of the molecule is Cc1ccn2c(=O)cc(COC(=O)CCCc3nc4ccccc4s3)nc2c1. The average Bonchev–Trinajstić information content (AvgIpc) is 3.09. The Labute approximate surface area is 165 Å².